The Balaban J connectivity index is 0.00000176. The molecule has 4 N–H and O–H groups in total. The molecule has 4 aliphatic rings. The largest absolute Gasteiger partial charge is 0.353 e. The number of carbonyl (C=O) groups is 2. The predicted octanol–water partition coefficient (Wildman–Crippen LogP) is 1.21. The van der Waals surface area contributed by atoms with Crippen LogP contribution in [0.25, 0.3) is 0 Å². The Kier molecular flexibility index (Phi) is 5.72. The summed E-state index contributed by atoms with van der Waals surface area (Å²) in [5.74, 6) is 2.46. The Morgan fingerprint density at radius 3 is 2.00 bits per heavy atom. The summed E-state index contributed by atoms with van der Waals surface area (Å²) >= 11 is 0. The highest BCUT2D eigenvalue weighted by molar-refractivity contribution is 5.85. The molecule has 4 bridgehead atoms. The predicted molar refractivity (Wildman–Crippen MR) is 87.5 cm³/mol. The molecule has 6 heteroatoms. The molecular formula is C16H28ClN3O2. The fourth-order valence-corrected chi connectivity index (χ4v) is 5.36. The van der Waals surface area contributed by atoms with Crippen LogP contribution in [0.3, 0.4) is 0 Å². The molecule has 0 spiro atoms. The summed E-state index contributed by atoms with van der Waals surface area (Å²) in [7, 11) is 0. The monoisotopic (exact) mass is 329 g/mol. The van der Waals surface area contributed by atoms with Crippen molar-refractivity contribution in [2.24, 2.45) is 28.9 Å². The van der Waals surface area contributed by atoms with E-state index in [0.29, 0.717) is 19.5 Å². The van der Waals surface area contributed by atoms with E-state index < -0.39 is 0 Å². The highest BCUT2D eigenvalue weighted by atomic mass is 35.5. The Hall–Kier alpha value is -0.810. The smallest absolute Gasteiger partial charge is 0.239 e. The SMILES string of the molecule is Cl.NCCNC(=O)CNC(=O)CC12CC3CC(CC(C3)C1)C2. The Morgan fingerprint density at radius 1 is 0.955 bits per heavy atom. The molecular weight excluding hydrogens is 302 g/mol. The van der Waals surface area contributed by atoms with Crippen LogP contribution < -0.4 is 16.4 Å². The third-order valence-corrected chi connectivity index (χ3v) is 5.61. The molecule has 0 aromatic rings. The van der Waals surface area contributed by atoms with Gasteiger partial charge in [-0.3, -0.25) is 9.59 Å². The first-order chi connectivity index (χ1) is 10.1. The van der Waals surface area contributed by atoms with Gasteiger partial charge in [-0.2, -0.15) is 0 Å². The maximum Gasteiger partial charge on any atom is 0.239 e. The van der Waals surface area contributed by atoms with Gasteiger partial charge in [0.25, 0.3) is 0 Å². The summed E-state index contributed by atoms with van der Waals surface area (Å²) in [4.78, 5) is 23.7. The van der Waals surface area contributed by atoms with Crippen LogP contribution >= 0.6 is 12.4 Å². The molecule has 0 saturated heterocycles. The topological polar surface area (TPSA) is 84.2 Å². The summed E-state index contributed by atoms with van der Waals surface area (Å²) in [6.45, 7) is 0.960. The van der Waals surface area contributed by atoms with Gasteiger partial charge < -0.3 is 16.4 Å². The van der Waals surface area contributed by atoms with Crippen LogP contribution in [0.2, 0.25) is 0 Å². The molecule has 0 heterocycles. The van der Waals surface area contributed by atoms with Crippen molar-refractivity contribution in [3.05, 3.63) is 0 Å². The van der Waals surface area contributed by atoms with Gasteiger partial charge in [0.2, 0.25) is 11.8 Å². The molecule has 2 amide bonds. The standard InChI is InChI=1S/C16H27N3O2.ClH/c17-1-2-18-15(21)10-19-14(20)9-16-6-11-3-12(7-16)5-13(4-11)8-16;/h11-13H,1-10,17H2,(H,18,21)(H,19,20);1H. The average Bonchev–Trinajstić information content (AvgIpc) is 2.40. The Morgan fingerprint density at radius 2 is 1.50 bits per heavy atom. The molecule has 4 fully saturated rings. The van der Waals surface area contributed by atoms with Crippen LogP contribution in [-0.4, -0.2) is 31.4 Å². The van der Waals surface area contributed by atoms with E-state index in [4.69, 9.17) is 5.73 Å². The van der Waals surface area contributed by atoms with Gasteiger partial charge in [0.1, 0.15) is 0 Å². The van der Waals surface area contributed by atoms with Crippen LogP contribution in [0.15, 0.2) is 0 Å². The zero-order chi connectivity index (χ0) is 14.9. The number of nitrogens with one attached hydrogen (secondary N) is 2. The zero-order valence-corrected chi connectivity index (χ0v) is 13.9. The van der Waals surface area contributed by atoms with Crippen molar-refractivity contribution in [2.75, 3.05) is 19.6 Å². The normalized spacial score (nSPS) is 34.9. The number of nitrogens with two attached hydrogens (primary N) is 1. The van der Waals surface area contributed by atoms with Crippen LogP contribution in [-0.2, 0) is 9.59 Å². The second-order valence-corrected chi connectivity index (χ2v) is 7.51. The van der Waals surface area contributed by atoms with Crippen molar-refractivity contribution < 1.29 is 9.59 Å². The summed E-state index contributed by atoms with van der Waals surface area (Å²) in [5.41, 5.74) is 5.57. The van der Waals surface area contributed by atoms with Gasteiger partial charge in [0.05, 0.1) is 6.54 Å². The van der Waals surface area contributed by atoms with Gasteiger partial charge in [0, 0.05) is 19.5 Å². The van der Waals surface area contributed by atoms with E-state index in [1.165, 1.54) is 38.5 Å². The van der Waals surface area contributed by atoms with Crippen LogP contribution in [0.4, 0.5) is 0 Å². The van der Waals surface area contributed by atoms with E-state index in [0.717, 1.165) is 17.8 Å². The number of carbonyl (C=O) groups excluding carboxylic acids is 2. The quantitative estimate of drug-likeness (QED) is 0.684. The van der Waals surface area contributed by atoms with Crippen molar-refractivity contribution in [1.29, 1.82) is 0 Å². The van der Waals surface area contributed by atoms with Crippen molar-refractivity contribution >= 4 is 24.2 Å². The zero-order valence-electron chi connectivity index (χ0n) is 13.1. The minimum atomic E-state index is -0.153. The summed E-state index contributed by atoms with van der Waals surface area (Å²) in [6.07, 6.45) is 8.47. The lowest BCUT2D eigenvalue weighted by atomic mass is 9.49. The van der Waals surface area contributed by atoms with E-state index in [9.17, 15) is 9.59 Å². The minimum Gasteiger partial charge on any atom is -0.353 e. The lowest BCUT2D eigenvalue weighted by molar-refractivity contribution is -0.131. The molecule has 4 aliphatic carbocycles. The van der Waals surface area contributed by atoms with E-state index in [1.54, 1.807) is 0 Å². The molecule has 0 unspecified atom stereocenters. The van der Waals surface area contributed by atoms with Crippen LogP contribution in [0.1, 0.15) is 44.9 Å². The highest BCUT2D eigenvalue weighted by Crippen LogP contribution is 2.61. The number of rotatable bonds is 6. The molecule has 4 saturated carbocycles. The van der Waals surface area contributed by atoms with Crippen LogP contribution in [0, 0.1) is 23.2 Å². The van der Waals surface area contributed by atoms with Gasteiger partial charge in [-0.15, -0.1) is 12.4 Å². The second kappa shape index (κ2) is 7.18. The van der Waals surface area contributed by atoms with Gasteiger partial charge in [0.15, 0.2) is 0 Å². The maximum absolute atomic E-state index is 12.2. The lowest BCUT2D eigenvalue weighted by Gasteiger charge is -2.56. The maximum atomic E-state index is 12.2. The van der Waals surface area contributed by atoms with Crippen molar-refractivity contribution in [1.82, 2.24) is 10.6 Å². The fraction of sp³-hybridized carbons (Fsp3) is 0.875. The average molecular weight is 330 g/mol. The fourth-order valence-electron chi connectivity index (χ4n) is 5.36. The summed E-state index contributed by atoms with van der Waals surface area (Å²) in [6, 6.07) is 0. The molecule has 4 rings (SSSR count). The number of hydrogen-bond donors (Lipinski definition) is 3. The number of hydrogen-bond acceptors (Lipinski definition) is 3. The molecule has 0 atom stereocenters. The van der Waals surface area contributed by atoms with Crippen molar-refractivity contribution in [3.8, 4) is 0 Å². The number of amides is 2. The minimum absolute atomic E-state index is 0. The van der Waals surface area contributed by atoms with E-state index in [2.05, 4.69) is 10.6 Å². The van der Waals surface area contributed by atoms with Crippen molar-refractivity contribution in [2.45, 2.75) is 44.9 Å². The molecule has 0 aromatic carbocycles. The van der Waals surface area contributed by atoms with Gasteiger partial charge in [-0.1, -0.05) is 0 Å². The molecule has 0 radical (unpaired) electrons. The first kappa shape index (κ1) is 17.5. The van der Waals surface area contributed by atoms with Gasteiger partial charge in [-0.05, 0) is 61.7 Å². The van der Waals surface area contributed by atoms with Gasteiger partial charge >= 0.3 is 0 Å². The van der Waals surface area contributed by atoms with E-state index in [1.807, 2.05) is 0 Å². The van der Waals surface area contributed by atoms with E-state index >= 15 is 0 Å². The molecule has 0 aromatic heterocycles. The third kappa shape index (κ3) is 3.93. The second-order valence-electron chi connectivity index (χ2n) is 7.51. The van der Waals surface area contributed by atoms with Crippen LogP contribution in [0.5, 0.6) is 0 Å². The molecule has 5 nitrogen and oxygen atoms in total. The first-order valence-electron chi connectivity index (χ1n) is 8.32. The Bertz CT molecular complexity index is 392. The third-order valence-electron chi connectivity index (χ3n) is 5.61. The Labute approximate surface area is 138 Å². The van der Waals surface area contributed by atoms with Crippen molar-refractivity contribution in [3.63, 3.8) is 0 Å². The highest BCUT2D eigenvalue weighted by Gasteiger charge is 2.51. The molecule has 0 aliphatic heterocycles. The van der Waals surface area contributed by atoms with E-state index in [-0.39, 0.29) is 36.2 Å². The number of halogens is 1. The molecule has 22 heavy (non-hydrogen) atoms. The first-order valence-corrected chi connectivity index (χ1v) is 8.32. The lowest BCUT2D eigenvalue weighted by Crippen LogP contribution is -2.48. The molecule has 126 valence electrons. The van der Waals surface area contributed by atoms with Gasteiger partial charge in [-0.25, -0.2) is 0 Å². The summed E-state index contributed by atoms with van der Waals surface area (Å²) < 4.78 is 0. The summed E-state index contributed by atoms with van der Waals surface area (Å²) in [5, 5.41) is 5.44.